The summed E-state index contributed by atoms with van der Waals surface area (Å²) in [6.07, 6.45) is 2.32. The SMILES string of the molecule is CNc1c(NCc2cc(CNC(=O)c3cc(C(=O)NC4CCc5cc(C(=O)O)ccc54)ncn3)ccc2F)c(=O)c1=O. The van der Waals surface area contributed by atoms with Crippen LogP contribution in [-0.2, 0) is 19.5 Å². The first-order valence-corrected chi connectivity index (χ1v) is 13.0. The lowest BCUT2D eigenvalue weighted by molar-refractivity contribution is 0.0696. The van der Waals surface area contributed by atoms with Crippen LogP contribution in [0.1, 0.15) is 66.1 Å². The van der Waals surface area contributed by atoms with Crippen LogP contribution in [0, 0.1) is 5.82 Å². The molecule has 1 unspecified atom stereocenters. The summed E-state index contributed by atoms with van der Waals surface area (Å²) >= 11 is 0. The van der Waals surface area contributed by atoms with Crippen LogP contribution in [0.2, 0.25) is 0 Å². The Hall–Kier alpha value is -5.46. The number of anilines is 2. The summed E-state index contributed by atoms with van der Waals surface area (Å²) in [6, 6.07) is 9.97. The number of carboxylic acids is 1. The smallest absolute Gasteiger partial charge is 0.335 e. The molecule has 0 radical (unpaired) electrons. The highest BCUT2D eigenvalue weighted by molar-refractivity contribution is 5.97. The Morgan fingerprint density at radius 2 is 1.69 bits per heavy atom. The summed E-state index contributed by atoms with van der Waals surface area (Å²) in [7, 11) is 1.51. The number of aryl methyl sites for hydroxylation is 1. The van der Waals surface area contributed by atoms with Crippen LogP contribution in [0.4, 0.5) is 15.8 Å². The molecule has 5 rings (SSSR count). The van der Waals surface area contributed by atoms with Crippen LogP contribution in [0.3, 0.4) is 0 Å². The van der Waals surface area contributed by atoms with Crippen molar-refractivity contribution in [3.63, 3.8) is 0 Å². The number of fused-ring (bicyclic) bond motifs is 1. The third-order valence-electron chi connectivity index (χ3n) is 7.08. The maximum Gasteiger partial charge on any atom is 0.335 e. The summed E-state index contributed by atoms with van der Waals surface area (Å²) in [5.74, 6) is -2.63. The molecular formula is C29H25FN6O6. The van der Waals surface area contributed by atoms with Gasteiger partial charge in [0.25, 0.3) is 22.7 Å². The molecule has 1 aliphatic carbocycles. The van der Waals surface area contributed by atoms with Gasteiger partial charge in [-0.05, 0) is 53.8 Å². The molecule has 0 saturated carbocycles. The van der Waals surface area contributed by atoms with Gasteiger partial charge >= 0.3 is 5.97 Å². The van der Waals surface area contributed by atoms with E-state index in [1.807, 2.05) is 0 Å². The number of nitrogens with zero attached hydrogens (tertiary/aromatic N) is 2. The van der Waals surface area contributed by atoms with E-state index in [-0.39, 0.29) is 53.0 Å². The molecular weight excluding hydrogens is 547 g/mol. The number of carboxylic acid groups (broad SMARTS) is 1. The van der Waals surface area contributed by atoms with Gasteiger partial charge in [0.15, 0.2) is 0 Å². The fourth-order valence-electron chi connectivity index (χ4n) is 4.87. The Labute approximate surface area is 237 Å². The van der Waals surface area contributed by atoms with Crippen LogP contribution >= 0.6 is 0 Å². The van der Waals surface area contributed by atoms with Gasteiger partial charge in [0.1, 0.15) is 34.9 Å². The Morgan fingerprint density at radius 1 is 0.952 bits per heavy atom. The second kappa shape index (κ2) is 11.6. The van der Waals surface area contributed by atoms with Crippen molar-refractivity contribution < 1.29 is 23.9 Å². The number of hydrogen-bond donors (Lipinski definition) is 5. The van der Waals surface area contributed by atoms with E-state index in [1.165, 1.54) is 37.4 Å². The zero-order valence-corrected chi connectivity index (χ0v) is 22.3. The molecule has 0 bridgehead atoms. The van der Waals surface area contributed by atoms with E-state index in [0.717, 1.165) is 17.5 Å². The van der Waals surface area contributed by atoms with E-state index in [2.05, 4.69) is 31.2 Å². The van der Waals surface area contributed by atoms with E-state index in [1.54, 1.807) is 12.1 Å². The lowest BCUT2D eigenvalue weighted by Crippen LogP contribution is -2.36. The zero-order valence-electron chi connectivity index (χ0n) is 22.3. The minimum atomic E-state index is -1.02. The minimum Gasteiger partial charge on any atom is -0.478 e. The predicted octanol–water partition coefficient (Wildman–Crippen LogP) is 1.91. The summed E-state index contributed by atoms with van der Waals surface area (Å²) in [5.41, 5.74) is 1.53. The molecule has 4 aromatic rings. The lowest BCUT2D eigenvalue weighted by Gasteiger charge is -2.14. The third-order valence-corrected chi connectivity index (χ3v) is 7.08. The quantitative estimate of drug-likeness (QED) is 0.176. The number of aromatic nitrogens is 2. The monoisotopic (exact) mass is 572 g/mol. The number of carbonyl (C=O) groups excluding carboxylic acids is 2. The summed E-state index contributed by atoms with van der Waals surface area (Å²) in [4.78, 5) is 68.1. The summed E-state index contributed by atoms with van der Waals surface area (Å²) in [6.45, 7) is -0.0273. The summed E-state index contributed by atoms with van der Waals surface area (Å²) in [5, 5.41) is 20.2. The Morgan fingerprint density at radius 3 is 2.43 bits per heavy atom. The molecule has 214 valence electrons. The third kappa shape index (κ3) is 5.57. The fraction of sp³-hybridized carbons (Fsp3) is 0.207. The van der Waals surface area contributed by atoms with Crippen LogP contribution in [-0.4, -0.2) is 39.9 Å². The van der Waals surface area contributed by atoms with Gasteiger partial charge in [0.2, 0.25) is 0 Å². The van der Waals surface area contributed by atoms with Gasteiger partial charge in [-0.3, -0.25) is 19.2 Å². The van der Waals surface area contributed by atoms with Crippen molar-refractivity contribution >= 4 is 29.2 Å². The van der Waals surface area contributed by atoms with Gasteiger partial charge in [-0.25, -0.2) is 19.2 Å². The first kappa shape index (κ1) is 28.1. The van der Waals surface area contributed by atoms with Crippen molar-refractivity contribution in [1.29, 1.82) is 0 Å². The highest BCUT2D eigenvalue weighted by Gasteiger charge is 2.26. The van der Waals surface area contributed by atoms with E-state index < -0.39 is 34.5 Å². The maximum atomic E-state index is 14.4. The molecule has 1 heterocycles. The topological polar surface area (TPSA) is 179 Å². The van der Waals surface area contributed by atoms with E-state index >= 15 is 0 Å². The second-order valence-electron chi connectivity index (χ2n) is 9.69. The van der Waals surface area contributed by atoms with Crippen LogP contribution in [0.5, 0.6) is 0 Å². The highest BCUT2D eigenvalue weighted by Crippen LogP contribution is 2.32. The minimum absolute atomic E-state index is 0.0137. The van der Waals surface area contributed by atoms with Crippen molar-refractivity contribution in [3.8, 4) is 0 Å². The molecule has 42 heavy (non-hydrogen) atoms. The van der Waals surface area contributed by atoms with Crippen molar-refractivity contribution in [3.05, 3.63) is 114 Å². The van der Waals surface area contributed by atoms with Crippen molar-refractivity contribution in [2.45, 2.75) is 32.0 Å². The standard InChI is InChI=1S/C29H25FN6O6/c1-31-23-24(26(38)25(23)37)32-12-17-8-14(2-6-19(17)30)11-33-27(39)21-10-22(35-13-34-21)28(40)36-20-7-4-15-9-16(29(41)42)3-5-18(15)20/h2-3,5-6,8-10,13,20,31-32H,4,7,11-12H2,1H3,(H,33,39)(H,36,40)(H,41,42). The normalized spacial score (nSPS) is 13.8. The Bertz CT molecular complexity index is 1800. The van der Waals surface area contributed by atoms with Gasteiger partial charge < -0.3 is 26.4 Å². The van der Waals surface area contributed by atoms with Gasteiger partial charge in [-0.1, -0.05) is 12.1 Å². The molecule has 0 aliphatic heterocycles. The van der Waals surface area contributed by atoms with Crippen LogP contribution in [0.25, 0.3) is 0 Å². The lowest BCUT2D eigenvalue weighted by atomic mass is 10.0. The number of benzene rings is 2. The Balaban J connectivity index is 1.20. The average molecular weight is 573 g/mol. The first-order chi connectivity index (χ1) is 20.2. The number of rotatable bonds is 10. The van der Waals surface area contributed by atoms with Crippen molar-refractivity contribution in [1.82, 2.24) is 20.6 Å². The van der Waals surface area contributed by atoms with Gasteiger partial charge in [-0.15, -0.1) is 0 Å². The highest BCUT2D eigenvalue weighted by atomic mass is 19.1. The Kier molecular flexibility index (Phi) is 7.74. The second-order valence-corrected chi connectivity index (χ2v) is 9.69. The van der Waals surface area contributed by atoms with Crippen molar-refractivity contribution in [2.75, 3.05) is 17.7 Å². The molecule has 0 spiro atoms. The van der Waals surface area contributed by atoms with E-state index in [9.17, 15) is 33.5 Å². The predicted molar refractivity (Wildman–Crippen MR) is 150 cm³/mol. The number of amides is 2. The van der Waals surface area contributed by atoms with E-state index in [0.29, 0.717) is 18.4 Å². The number of halogens is 1. The molecule has 5 N–H and O–H groups in total. The molecule has 2 amide bonds. The molecule has 13 heteroatoms. The molecule has 0 saturated heterocycles. The van der Waals surface area contributed by atoms with Gasteiger partial charge in [0, 0.05) is 31.8 Å². The largest absolute Gasteiger partial charge is 0.478 e. The number of hydrogen-bond acceptors (Lipinski definition) is 9. The van der Waals surface area contributed by atoms with Crippen molar-refractivity contribution in [2.24, 2.45) is 0 Å². The molecule has 1 aromatic heterocycles. The van der Waals surface area contributed by atoms with Gasteiger partial charge in [0.05, 0.1) is 11.6 Å². The zero-order chi connectivity index (χ0) is 30.0. The van der Waals surface area contributed by atoms with Crippen LogP contribution < -0.4 is 32.1 Å². The van der Waals surface area contributed by atoms with Crippen LogP contribution in [0.15, 0.2) is 58.4 Å². The molecule has 3 aromatic carbocycles. The number of nitrogens with one attached hydrogen (secondary N) is 4. The molecule has 1 aliphatic rings. The van der Waals surface area contributed by atoms with Gasteiger partial charge in [-0.2, -0.15) is 0 Å². The fourth-order valence-corrected chi connectivity index (χ4v) is 4.87. The number of aromatic carboxylic acids is 1. The number of carbonyl (C=O) groups is 3. The molecule has 12 nitrogen and oxygen atoms in total. The molecule has 1 atom stereocenters. The summed E-state index contributed by atoms with van der Waals surface area (Å²) < 4.78 is 14.4. The maximum absolute atomic E-state index is 14.4. The molecule has 0 fully saturated rings. The average Bonchev–Trinajstić information content (AvgIpc) is 3.40. The van der Waals surface area contributed by atoms with E-state index in [4.69, 9.17) is 0 Å². The first-order valence-electron chi connectivity index (χ1n) is 13.0.